The molecule has 0 rings (SSSR count). The van der Waals surface area contributed by atoms with Crippen molar-refractivity contribution in [3.63, 3.8) is 0 Å². The van der Waals surface area contributed by atoms with E-state index in [0.717, 1.165) is 38.5 Å². The number of aliphatic hydroxyl groups is 3. The minimum atomic E-state index is -1.44. The van der Waals surface area contributed by atoms with Crippen molar-refractivity contribution in [3.8, 4) is 0 Å². The quantitative estimate of drug-likeness (QED) is 0.0409. The second kappa shape index (κ2) is 33.9. The summed E-state index contributed by atoms with van der Waals surface area (Å²) in [6, 6.07) is 0. The number of ketones is 1. The lowest BCUT2D eigenvalue weighted by Gasteiger charge is -2.26. The molecule has 264 valence electrons. The number of nitrogens with two attached hydrogens (primary N) is 1. The lowest BCUT2D eigenvalue weighted by Crippen LogP contribution is -2.47. The summed E-state index contributed by atoms with van der Waals surface area (Å²) in [5, 5.41) is 31.1. The van der Waals surface area contributed by atoms with E-state index >= 15 is 0 Å². The summed E-state index contributed by atoms with van der Waals surface area (Å²) in [5.41, 5.74) is 5.68. The first-order chi connectivity index (χ1) is 21.5. The lowest BCUT2D eigenvalue weighted by molar-refractivity contribution is -0.140. The zero-order chi connectivity index (χ0) is 32.5. The Morgan fingerprint density at radius 3 is 0.955 bits per heavy atom. The average Bonchev–Trinajstić information content (AvgIpc) is 3.00. The van der Waals surface area contributed by atoms with Crippen LogP contribution in [0.3, 0.4) is 0 Å². The van der Waals surface area contributed by atoms with Crippen molar-refractivity contribution >= 4 is 5.78 Å². The number of rotatable bonds is 36. The highest BCUT2D eigenvalue weighted by molar-refractivity contribution is 5.86. The van der Waals surface area contributed by atoms with E-state index in [-0.39, 0.29) is 0 Å². The van der Waals surface area contributed by atoms with Gasteiger partial charge in [0.25, 0.3) is 0 Å². The van der Waals surface area contributed by atoms with Gasteiger partial charge in [-0.1, -0.05) is 206 Å². The Balaban J connectivity index is 3.76. The van der Waals surface area contributed by atoms with Gasteiger partial charge in [-0.15, -0.1) is 0 Å². The molecule has 0 aromatic rings. The summed E-state index contributed by atoms with van der Waals surface area (Å²) in [6.45, 7) is 4.53. The number of carbonyl (C=O) groups is 1. The predicted octanol–water partition coefficient (Wildman–Crippen LogP) is 10.7. The molecule has 5 nitrogen and oxygen atoms in total. The van der Waals surface area contributed by atoms with Crippen LogP contribution < -0.4 is 5.73 Å². The molecule has 2 unspecified atom stereocenters. The molecule has 0 heterocycles. The van der Waals surface area contributed by atoms with Gasteiger partial charge in [0.2, 0.25) is 0 Å². The maximum Gasteiger partial charge on any atom is 0.170 e. The molecule has 5 N–H and O–H groups in total. The van der Waals surface area contributed by atoms with Crippen LogP contribution in [-0.2, 0) is 4.79 Å². The smallest absolute Gasteiger partial charge is 0.170 e. The highest BCUT2D eigenvalue weighted by atomic mass is 16.3. The van der Waals surface area contributed by atoms with Gasteiger partial charge in [-0.25, -0.2) is 0 Å². The van der Waals surface area contributed by atoms with Crippen LogP contribution in [0.4, 0.5) is 0 Å². The van der Waals surface area contributed by atoms with E-state index in [4.69, 9.17) is 5.73 Å². The van der Waals surface area contributed by atoms with Crippen molar-refractivity contribution in [2.24, 2.45) is 11.7 Å². The summed E-state index contributed by atoms with van der Waals surface area (Å²) in [5.74, 6) is -1.60. The van der Waals surface area contributed by atoms with E-state index in [1.54, 1.807) is 0 Å². The summed E-state index contributed by atoms with van der Waals surface area (Å²) >= 11 is 0. The van der Waals surface area contributed by atoms with E-state index < -0.39 is 30.1 Å². The van der Waals surface area contributed by atoms with Gasteiger partial charge in [0.15, 0.2) is 5.78 Å². The van der Waals surface area contributed by atoms with Crippen molar-refractivity contribution in [2.45, 2.75) is 238 Å². The predicted molar refractivity (Wildman–Crippen MR) is 190 cm³/mol. The second-order valence-electron chi connectivity index (χ2n) is 14.0. The van der Waals surface area contributed by atoms with Gasteiger partial charge in [0.05, 0.1) is 12.0 Å². The maximum absolute atomic E-state index is 12.8. The molecule has 0 aromatic carbocycles. The number of unbranched alkanes of at least 4 members (excludes halogenated alkanes) is 28. The van der Waals surface area contributed by atoms with Crippen molar-refractivity contribution in [1.82, 2.24) is 0 Å². The van der Waals surface area contributed by atoms with Crippen LogP contribution in [0, 0.1) is 5.92 Å². The highest BCUT2D eigenvalue weighted by Gasteiger charge is 2.34. The molecule has 0 amide bonds. The fraction of sp³-hybridized carbons (Fsp3) is 0.974. The second-order valence-corrected chi connectivity index (χ2v) is 14.0. The standard InChI is InChI=1S/C39H79NO4/c1-3-5-7-9-11-13-15-17-18-19-20-22-24-26-28-30-32-34-36(42)38(43)37(39(40)44)35(41)33-31-29-27-25-23-21-16-14-12-10-8-6-4-2/h35-37,39,41-42,44H,3-34,40H2,1-2H3/t35-,36?,37-,39?/m1/s1. The summed E-state index contributed by atoms with van der Waals surface area (Å²) in [7, 11) is 0. The molecule has 4 atom stereocenters. The molecule has 0 radical (unpaired) electrons. The average molecular weight is 626 g/mol. The van der Waals surface area contributed by atoms with Crippen molar-refractivity contribution in [3.05, 3.63) is 0 Å². The highest BCUT2D eigenvalue weighted by Crippen LogP contribution is 2.21. The number of hydrogen-bond acceptors (Lipinski definition) is 5. The Hall–Kier alpha value is -0.490. The molecule has 0 saturated carbocycles. The largest absolute Gasteiger partial charge is 0.392 e. The zero-order valence-corrected chi connectivity index (χ0v) is 29.8. The Kier molecular flexibility index (Phi) is 33.5. The number of aliphatic hydroxyl groups excluding tert-OH is 3. The van der Waals surface area contributed by atoms with Gasteiger partial charge in [-0.3, -0.25) is 4.79 Å². The first-order valence-electron chi connectivity index (χ1n) is 19.8. The van der Waals surface area contributed by atoms with Gasteiger partial charge in [-0.05, 0) is 12.8 Å². The molecule has 0 aliphatic rings. The fourth-order valence-electron chi connectivity index (χ4n) is 6.56. The molecule has 0 aromatic heterocycles. The van der Waals surface area contributed by atoms with Crippen molar-refractivity contribution in [1.29, 1.82) is 0 Å². The minimum absolute atomic E-state index is 0.381. The van der Waals surface area contributed by atoms with E-state index in [9.17, 15) is 20.1 Å². The van der Waals surface area contributed by atoms with Crippen LogP contribution in [0.1, 0.15) is 219 Å². The van der Waals surface area contributed by atoms with Gasteiger partial charge >= 0.3 is 0 Å². The maximum atomic E-state index is 12.8. The van der Waals surface area contributed by atoms with Crippen molar-refractivity contribution in [2.75, 3.05) is 0 Å². The Morgan fingerprint density at radius 2 is 0.682 bits per heavy atom. The van der Waals surface area contributed by atoms with Crippen LogP contribution in [0.2, 0.25) is 0 Å². The van der Waals surface area contributed by atoms with Crippen molar-refractivity contribution < 1.29 is 20.1 Å². The first-order valence-corrected chi connectivity index (χ1v) is 19.8. The number of carbonyl (C=O) groups excluding carboxylic acids is 1. The summed E-state index contributed by atoms with van der Waals surface area (Å²) < 4.78 is 0. The minimum Gasteiger partial charge on any atom is -0.392 e. The topological polar surface area (TPSA) is 104 Å². The Labute approximate surface area is 274 Å². The summed E-state index contributed by atoms with van der Waals surface area (Å²) in [6.07, 6.45) is 35.5. The molecular weight excluding hydrogens is 546 g/mol. The molecule has 0 saturated heterocycles. The van der Waals surface area contributed by atoms with Crippen LogP contribution in [0.5, 0.6) is 0 Å². The Morgan fingerprint density at radius 1 is 0.432 bits per heavy atom. The third-order valence-corrected chi connectivity index (χ3v) is 9.62. The van der Waals surface area contributed by atoms with Gasteiger partial charge < -0.3 is 21.1 Å². The molecular formula is C39H79NO4. The molecule has 0 fully saturated rings. The SMILES string of the molecule is CCCCCCCCCCCCCCCCCCCC(O)C(=O)[C@H](C(N)O)[C@H](O)CCCCCCCCCCCCCCC. The third kappa shape index (κ3) is 27.8. The van der Waals surface area contributed by atoms with Crippen LogP contribution in [0.25, 0.3) is 0 Å². The zero-order valence-electron chi connectivity index (χ0n) is 29.8. The van der Waals surface area contributed by atoms with Gasteiger partial charge in [-0.2, -0.15) is 0 Å². The normalized spacial score (nSPS) is 14.5. The lowest BCUT2D eigenvalue weighted by atomic mass is 9.87. The monoisotopic (exact) mass is 626 g/mol. The van der Waals surface area contributed by atoms with E-state index in [1.165, 1.54) is 154 Å². The molecule has 0 aliphatic carbocycles. The molecule has 5 heteroatoms. The van der Waals surface area contributed by atoms with E-state index in [0.29, 0.717) is 12.8 Å². The van der Waals surface area contributed by atoms with E-state index in [2.05, 4.69) is 13.8 Å². The van der Waals surface area contributed by atoms with E-state index in [1.807, 2.05) is 0 Å². The molecule has 44 heavy (non-hydrogen) atoms. The first kappa shape index (κ1) is 43.5. The fourth-order valence-corrected chi connectivity index (χ4v) is 6.56. The molecule has 0 bridgehead atoms. The van der Waals surface area contributed by atoms with Crippen LogP contribution in [0.15, 0.2) is 0 Å². The van der Waals surface area contributed by atoms with Gasteiger partial charge in [0.1, 0.15) is 12.3 Å². The molecule has 0 spiro atoms. The van der Waals surface area contributed by atoms with Crippen LogP contribution >= 0.6 is 0 Å². The Bertz CT molecular complexity index is 584. The van der Waals surface area contributed by atoms with Crippen LogP contribution in [-0.4, -0.2) is 39.5 Å². The number of Topliss-reactive ketones (excluding diaryl/α,β-unsaturated/α-hetero) is 1. The van der Waals surface area contributed by atoms with Gasteiger partial charge in [0, 0.05) is 0 Å². The number of hydrogen-bond donors (Lipinski definition) is 4. The molecule has 0 aliphatic heterocycles. The summed E-state index contributed by atoms with van der Waals surface area (Å²) in [4.78, 5) is 12.8. The third-order valence-electron chi connectivity index (χ3n) is 9.62.